The van der Waals surface area contributed by atoms with Gasteiger partial charge in [-0.25, -0.2) is 0 Å². The van der Waals surface area contributed by atoms with Gasteiger partial charge in [0.1, 0.15) is 6.04 Å². The summed E-state index contributed by atoms with van der Waals surface area (Å²) in [6.07, 6.45) is 1.02. The number of nitrogens with zero attached hydrogens (tertiary/aromatic N) is 1. The predicted octanol–water partition coefficient (Wildman–Crippen LogP) is 4.95. The van der Waals surface area contributed by atoms with E-state index in [9.17, 15) is 9.59 Å². The van der Waals surface area contributed by atoms with Crippen molar-refractivity contribution in [2.75, 3.05) is 5.75 Å². The molecule has 1 N–H and O–H groups in total. The van der Waals surface area contributed by atoms with E-state index in [-0.39, 0.29) is 17.9 Å². The summed E-state index contributed by atoms with van der Waals surface area (Å²) in [6.45, 7) is 8.35. The second-order valence-corrected chi connectivity index (χ2v) is 8.93. The summed E-state index contributed by atoms with van der Waals surface area (Å²) in [5, 5.41) is 2.98. The highest BCUT2D eigenvalue weighted by molar-refractivity contribution is 7.98. The molecular formula is C25H34N2O2S. The molecule has 30 heavy (non-hydrogen) atoms. The average Bonchev–Trinajstić information content (AvgIpc) is 2.72. The van der Waals surface area contributed by atoms with E-state index >= 15 is 0 Å². The van der Waals surface area contributed by atoms with Gasteiger partial charge >= 0.3 is 0 Å². The van der Waals surface area contributed by atoms with Crippen LogP contribution in [0, 0.1) is 6.92 Å². The molecule has 0 aliphatic rings. The number of carbonyl (C=O) groups is 2. The van der Waals surface area contributed by atoms with Crippen LogP contribution in [0.15, 0.2) is 54.6 Å². The first-order valence-electron chi connectivity index (χ1n) is 10.7. The summed E-state index contributed by atoms with van der Waals surface area (Å²) in [5.74, 6) is 1.58. The van der Waals surface area contributed by atoms with Crippen molar-refractivity contribution in [2.45, 2.75) is 64.9 Å². The van der Waals surface area contributed by atoms with Crippen LogP contribution in [-0.2, 0) is 21.9 Å². The molecule has 0 aromatic heterocycles. The minimum absolute atomic E-state index is 0.0320. The van der Waals surface area contributed by atoms with Crippen molar-refractivity contribution in [1.29, 1.82) is 0 Å². The summed E-state index contributed by atoms with van der Waals surface area (Å²) in [6, 6.07) is 17.9. The van der Waals surface area contributed by atoms with E-state index in [1.54, 1.807) is 16.7 Å². The second kappa shape index (κ2) is 12.4. The van der Waals surface area contributed by atoms with Gasteiger partial charge in [-0.15, -0.1) is 0 Å². The van der Waals surface area contributed by atoms with E-state index < -0.39 is 6.04 Å². The lowest BCUT2D eigenvalue weighted by Crippen LogP contribution is -2.50. The van der Waals surface area contributed by atoms with Crippen molar-refractivity contribution in [3.8, 4) is 0 Å². The lowest BCUT2D eigenvalue weighted by Gasteiger charge is -2.31. The van der Waals surface area contributed by atoms with Gasteiger partial charge in [0.25, 0.3) is 0 Å². The van der Waals surface area contributed by atoms with E-state index in [2.05, 4.69) is 17.4 Å². The normalized spacial score (nSPS) is 11.9. The molecule has 0 aliphatic carbocycles. The molecule has 0 bridgehead atoms. The Morgan fingerprint density at radius 2 is 1.70 bits per heavy atom. The predicted molar refractivity (Wildman–Crippen MR) is 126 cm³/mol. The molecule has 0 heterocycles. The number of hydrogen-bond donors (Lipinski definition) is 1. The Morgan fingerprint density at radius 3 is 2.33 bits per heavy atom. The van der Waals surface area contributed by atoms with Gasteiger partial charge in [-0.3, -0.25) is 9.59 Å². The summed E-state index contributed by atoms with van der Waals surface area (Å²) in [4.78, 5) is 27.8. The molecule has 0 aliphatic heterocycles. The van der Waals surface area contributed by atoms with Crippen molar-refractivity contribution in [3.63, 3.8) is 0 Å². The highest BCUT2D eigenvalue weighted by Crippen LogP contribution is 2.18. The largest absolute Gasteiger partial charge is 0.352 e. The molecular weight excluding hydrogens is 392 g/mol. The molecule has 162 valence electrons. The Balaban J connectivity index is 2.07. The second-order valence-electron chi connectivity index (χ2n) is 7.82. The maximum atomic E-state index is 13.2. The Labute approximate surface area is 185 Å². The van der Waals surface area contributed by atoms with E-state index in [4.69, 9.17) is 0 Å². The number of thioether (sulfide) groups is 1. The lowest BCUT2D eigenvalue weighted by atomic mass is 10.1. The van der Waals surface area contributed by atoms with Crippen molar-refractivity contribution in [3.05, 3.63) is 71.3 Å². The zero-order valence-corrected chi connectivity index (χ0v) is 19.4. The van der Waals surface area contributed by atoms with Crippen molar-refractivity contribution < 1.29 is 9.59 Å². The third-order valence-corrected chi connectivity index (χ3v) is 6.02. The molecule has 1 atom stereocenters. The van der Waals surface area contributed by atoms with E-state index in [0.717, 1.165) is 22.6 Å². The number of hydrogen-bond acceptors (Lipinski definition) is 3. The minimum Gasteiger partial charge on any atom is -0.352 e. The van der Waals surface area contributed by atoms with Crippen LogP contribution in [0.4, 0.5) is 0 Å². The van der Waals surface area contributed by atoms with E-state index in [1.165, 1.54) is 5.56 Å². The molecule has 5 heteroatoms. The summed E-state index contributed by atoms with van der Waals surface area (Å²) < 4.78 is 0. The Kier molecular flexibility index (Phi) is 9.95. The highest BCUT2D eigenvalue weighted by atomic mass is 32.2. The van der Waals surface area contributed by atoms with Gasteiger partial charge in [0, 0.05) is 30.5 Å². The molecule has 2 rings (SSSR count). The molecule has 0 spiro atoms. The number of benzene rings is 2. The molecule has 0 saturated heterocycles. The molecule has 2 aromatic carbocycles. The number of rotatable bonds is 11. The first-order chi connectivity index (χ1) is 14.4. The number of amides is 2. The van der Waals surface area contributed by atoms with Gasteiger partial charge < -0.3 is 10.2 Å². The maximum Gasteiger partial charge on any atom is 0.243 e. The van der Waals surface area contributed by atoms with E-state index in [1.807, 2.05) is 70.2 Å². The minimum atomic E-state index is -0.460. The van der Waals surface area contributed by atoms with Crippen molar-refractivity contribution in [1.82, 2.24) is 10.2 Å². The number of nitrogens with one attached hydrogen (secondary N) is 1. The zero-order chi connectivity index (χ0) is 21.9. The van der Waals surface area contributed by atoms with Gasteiger partial charge in [0.05, 0.1) is 0 Å². The van der Waals surface area contributed by atoms with Gasteiger partial charge in [-0.1, -0.05) is 61.5 Å². The Morgan fingerprint density at radius 1 is 1.03 bits per heavy atom. The Hall–Kier alpha value is -2.27. The van der Waals surface area contributed by atoms with Gasteiger partial charge in [-0.2, -0.15) is 11.8 Å². The standard InChI is InChI=1S/C25H34N2O2S/c1-5-23(25(29)26-19(2)3)27(17-22-14-10-9-11-20(22)4)24(28)15-16-30-18-21-12-7-6-8-13-21/h6-14,19,23H,5,15-18H2,1-4H3,(H,26,29)/t23-/m0/s1. The van der Waals surface area contributed by atoms with Crippen LogP contribution in [0.25, 0.3) is 0 Å². The fraction of sp³-hybridized carbons (Fsp3) is 0.440. The van der Waals surface area contributed by atoms with Crippen LogP contribution in [0.3, 0.4) is 0 Å². The van der Waals surface area contributed by atoms with E-state index in [0.29, 0.717) is 19.4 Å². The topological polar surface area (TPSA) is 49.4 Å². The molecule has 2 aromatic rings. The van der Waals surface area contributed by atoms with Crippen LogP contribution >= 0.6 is 11.8 Å². The van der Waals surface area contributed by atoms with Crippen LogP contribution in [0.2, 0.25) is 0 Å². The van der Waals surface area contributed by atoms with Crippen LogP contribution in [0.1, 0.15) is 50.3 Å². The fourth-order valence-corrected chi connectivity index (χ4v) is 4.23. The van der Waals surface area contributed by atoms with Crippen molar-refractivity contribution >= 4 is 23.6 Å². The van der Waals surface area contributed by atoms with Gasteiger partial charge in [-0.05, 0) is 43.9 Å². The maximum absolute atomic E-state index is 13.2. The average molecular weight is 427 g/mol. The molecule has 0 saturated carbocycles. The fourth-order valence-electron chi connectivity index (χ4n) is 3.34. The Bertz CT molecular complexity index is 808. The molecule has 0 unspecified atom stereocenters. The highest BCUT2D eigenvalue weighted by Gasteiger charge is 2.28. The van der Waals surface area contributed by atoms with Crippen LogP contribution in [0.5, 0.6) is 0 Å². The number of aryl methyl sites for hydroxylation is 1. The first-order valence-corrected chi connectivity index (χ1v) is 11.8. The molecule has 0 fully saturated rings. The summed E-state index contributed by atoms with van der Waals surface area (Å²) in [7, 11) is 0. The third-order valence-electron chi connectivity index (χ3n) is 4.99. The summed E-state index contributed by atoms with van der Waals surface area (Å²) >= 11 is 1.75. The summed E-state index contributed by atoms with van der Waals surface area (Å²) in [5.41, 5.74) is 3.47. The lowest BCUT2D eigenvalue weighted by molar-refractivity contribution is -0.141. The van der Waals surface area contributed by atoms with Crippen LogP contribution in [-0.4, -0.2) is 34.6 Å². The molecule has 0 radical (unpaired) electrons. The third kappa shape index (κ3) is 7.52. The molecule has 2 amide bonds. The first kappa shape index (κ1) is 24.0. The molecule has 4 nitrogen and oxygen atoms in total. The zero-order valence-electron chi connectivity index (χ0n) is 18.6. The number of carbonyl (C=O) groups excluding carboxylic acids is 2. The SMILES string of the molecule is CC[C@@H](C(=O)NC(C)C)N(Cc1ccccc1C)C(=O)CCSCc1ccccc1. The smallest absolute Gasteiger partial charge is 0.243 e. The van der Waals surface area contributed by atoms with Crippen LogP contribution < -0.4 is 5.32 Å². The van der Waals surface area contributed by atoms with Gasteiger partial charge in [0.2, 0.25) is 11.8 Å². The van der Waals surface area contributed by atoms with Gasteiger partial charge in [0.15, 0.2) is 0 Å². The quantitative estimate of drug-likeness (QED) is 0.517. The monoisotopic (exact) mass is 426 g/mol. The van der Waals surface area contributed by atoms with Crippen molar-refractivity contribution in [2.24, 2.45) is 0 Å².